The smallest absolute Gasteiger partial charge is 0.169 e. The van der Waals surface area contributed by atoms with E-state index in [0.717, 1.165) is 29.9 Å². The third kappa shape index (κ3) is 2.19. The fourth-order valence-electron chi connectivity index (χ4n) is 2.24. The van der Waals surface area contributed by atoms with Crippen molar-refractivity contribution in [2.24, 2.45) is 0 Å². The molecule has 4 heteroatoms. The van der Waals surface area contributed by atoms with E-state index < -0.39 is 0 Å². The summed E-state index contributed by atoms with van der Waals surface area (Å²) in [4.78, 5) is 4.60. The second kappa shape index (κ2) is 4.92. The zero-order valence-electron chi connectivity index (χ0n) is 10.8. The molecule has 3 nitrogen and oxygen atoms in total. The minimum absolute atomic E-state index is 0.564. The first-order valence-electron chi connectivity index (χ1n) is 6.10. The Labute approximate surface area is 116 Å². The number of aryl methyl sites for hydroxylation is 2. The Hall–Kier alpha value is -0.650. The molecule has 0 saturated carbocycles. The maximum Gasteiger partial charge on any atom is 0.169 e. The number of halogens is 1. The van der Waals surface area contributed by atoms with Gasteiger partial charge in [0, 0.05) is 17.3 Å². The number of fused-ring (bicyclic) bond motifs is 1. The van der Waals surface area contributed by atoms with Gasteiger partial charge in [0.05, 0.1) is 9.26 Å². The van der Waals surface area contributed by atoms with Crippen LogP contribution in [0.3, 0.4) is 0 Å². The number of hydrogen-bond acceptors (Lipinski definition) is 2. The van der Waals surface area contributed by atoms with Crippen LogP contribution in [0.1, 0.15) is 49.7 Å². The standard InChI is InChI=1S/C13H18IN3/c1-5-10(6-2)11-7-8(3)15-13-12(14)9(4)16-17(11)13/h7,10H,5-6H2,1-4H3. The van der Waals surface area contributed by atoms with E-state index in [1.807, 2.05) is 11.4 Å². The second-order valence-electron chi connectivity index (χ2n) is 4.47. The lowest BCUT2D eigenvalue weighted by molar-refractivity contribution is 0.598. The lowest BCUT2D eigenvalue weighted by Crippen LogP contribution is -2.07. The Bertz CT molecular complexity index is 541. The normalized spacial score (nSPS) is 11.6. The minimum Gasteiger partial charge on any atom is -0.233 e. The molecule has 0 bridgehead atoms. The molecule has 0 saturated heterocycles. The van der Waals surface area contributed by atoms with Gasteiger partial charge in [-0.25, -0.2) is 9.50 Å². The summed E-state index contributed by atoms with van der Waals surface area (Å²) in [6, 6.07) is 2.17. The van der Waals surface area contributed by atoms with Crippen LogP contribution in [0.2, 0.25) is 0 Å². The van der Waals surface area contributed by atoms with Crippen LogP contribution in [-0.4, -0.2) is 14.6 Å². The van der Waals surface area contributed by atoms with E-state index in [-0.39, 0.29) is 0 Å². The van der Waals surface area contributed by atoms with Crippen LogP contribution in [0.4, 0.5) is 0 Å². The van der Waals surface area contributed by atoms with Crippen molar-refractivity contribution in [1.82, 2.24) is 14.6 Å². The Kier molecular flexibility index (Phi) is 3.70. The van der Waals surface area contributed by atoms with Crippen LogP contribution >= 0.6 is 22.6 Å². The average molecular weight is 343 g/mol. The number of hydrogen-bond donors (Lipinski definition) is 0. The van der Waals surface area contributed by atoms with Crippen LogP contribution in [0.15, 0.2) is 6.07 Å². The van der Waals surface area contributed by atoms with E-state index >= 15 is 0 Å². The van der Waals surface area contributed by atoms with Crippen molar-refractivity contribution in [2.45, 2.75) is 46.5 Å². The van der Waals surface area contributed by atoms with Gasteiger partial charge in [0.2, 0.25) is 0 Å². The quantitative estimate of drug-likeness (QED) is 0.793. The van der Waals surface area contributed by atoms with Gasteiger partial charge in [-0.05, 0) is 55.3 Å². The topological polar surface area (TPSA) is 30.2 Å². The van der Waals surface area contributed by atoms with Gasteiger partial charge in [-0.2, -0.15) is 5.10 Å². The van der Waals surface area contributed by atoms with Gasteiger partial charge in [-0.1, -0.05) is 13.8 Å². The predicted molar refractivity (Wildman–Crippen MR) is 78.5 cm³/mol. The van der Waals surface area contributed by atoms with E-state index in [1.165, 1.54) is 9.26 Å². The number of nitrogens with zero attached hydrogens (tertiary/aromatic N) is 3. The largest absolute Gasteiger partial charge is 0.233 e. The molecule has 2 aromatic rings. The predicted octanol–water partition coefficient (Wildman–Crippen LogP) is 3.85. The molecular weight excluding hydrogens is 325 g/mol. The van der Waals surface area contributed by atoms with Crippen molar-refractivity contribution in [2.75, 3.05) is 0 Å². The maximum atomic E-state index is 4.62. The Balaban J connectivity index is 2.73. The molecule has 0 aromatic carbocycles. The summed E-state index contributed by atoms with van der Waals surface area (Å²) >= 11 is 2.33. The van der Waals surface area contributed by atoms with Crippen LogP contribution in [0.5, 0.6) is 0 Å². The zero-order chi connectivity index (χ0) is 12.6. The highest BCUT2D eigenvalue weighted by molar-refractivity contribution is 14.1. The molecule has 0 atom stereocenters. The molecule has 0 fully saturated rings. The Morgan fingerprint density at radius 1 is 1.29 bits per heavy atom. The fraction of sp³-hybridized carbons (Fsp3) is 0.538. The lowest BCUT2D eigenvalue weighted by Gasteiger charge is -2.14. The van der Waals surface area contributed by atoms with Gasteiger partial charge in [-0.3, -0.25) is 0 Å². The molecule has 0 aliphatic heterocycles. The Morgan fingerprint density at radius 3 is 2.53 bits per heavy atom. The maximum absolute atomic E-state index is 4.62. The minimum atomic E-state index is 0.564. The van der Waals surface area contributed by atoms with Gasteiger partial charge in [0.25, 0.3) is 0 Å². The molecule has 2 aromatic heterocycles. The molecule has 2 rings (SSSR count). The summed E-state index contributed by atoms with van der Waals surface area (Å²) in [6.45, 7) is 8.57. The van der Waals surface area contributed by atoms with Gasteiger partial charge in [-0.15, -0.1) is 0 Å². The summed E-state index contributed by atoms with van der Waals surface area (Å²) in [5, 5.41) is 4.62. The molecule has 0 radical (unpaired) electrons. The summed E-state index contributed by atoms with van der Waals surface area (Å²) in [5.41, 5.74) is 4.45. The lowest BCUT2D eigenvalue weighted by atomic mass is 9.99. The van der Waals surface area contributed by atoms with Gasteiger partial charge in [0.1, 0.15) is 0 Å². The molecule has 92 valence electrons. The first-order chi connectivity index (χ1) is 8.08. The highest BCUT2D eigenvalue weighted by atomic mass is 127. The van der Waals surface area contributed by atoms with Crippen LogP contribution in [0, 0.1) is 17.4 Å². The summed E-state index contributed by atoms with van der Waals surface area (Å²) < 4.78 is 3.19. The third-order valence-electron chi connectivity index (χ3n) is 3.25. The van der Waals surface area contributed by atoms with Crippen molar-refractivity contribution >= 4 is 28.2 Å². The highest BCUT2D eigenvalue weighted by Gasteiger charge is 2.16. The van der Waals surface area contributed by atoms with Crippen molar-refractivity contribution in [3.63, 3.8) is 0 Å². The summed E-state index contributed by atoms with van der Waals surface area (Å²) in [6.07, 6.45) is 2.29. The Morgan fingerprint density at radius 2 is 1.94 bits per heavy atom. The van der Waals surface area contributed by atoms with E-state index in [0.29, 0.717) is 5.92 Å². The molecule has 0 aliphatic rings. The molecule has 17 heavy (non-hydrogen) atoms. The number of rotatable bonds is 3. The van der Waals surface area contributed by atoms with E-state index in [9.17, 15) is 0 Å². The van der Waals surface area contributed by atoms with Crippen molar-refractivity contribution in [1.29, 1.82) is 0 Å². The number of aromatic nitrogens is 3. The first-order valence-corrected chi connectivity index (χ1v) is 7.18. The van der Waals surface area contributed by atoms with Crippen LogP contribution in [-0.2, 0) is 0 Å². The molecule has 2 heterocycles. The average Bonchev–Trinajstić information content (AvgIpc) is 2.58. The van der Waals surface area contributed by atoms with E-state index in [1.54, 1.807) is 0 Å². The molecular formula is C13H18IN3. The monoisotopic (exact) mass is 343 g/mol. The molecule has 0 N–H and O–H groups in total. The summed E-state index contributed by atoms with van der Waals surface area (Å²) in [7, 11) is 0. The van der Waals surface area contributed by atoms with Gasteiger partial charge < -0.3 is 0 Å². The first kappa shape index (κ1) is 12.8. The summed E-state index contributed by atoms with van der Waals surface area (Å²) in [5.74, 6) is 0.564. The third-order valence-corrected chi connectivity index (χ3v) is 4.52. The fourth-order valence-corrected chi connectivity index (χ4v) is 2.70. The molecule has 0 unspecified atom stereocenters. The van der Waals surface area contributed by atoms with Crippen molar-refractivity contribution < 1.29 is 0 Å². The molecule has 0 amide bonds. The molecule has 0 spiro atoms. The van der Waals surface area contributed by atoms with Gasteiger partial charge >= 0.3 is 0 Å². The van der Waals surface area contributed by atoms with Crippen LogP contribution in [0.25, 0.3) is 5.65 Å². The van der Waals surface area contributed by atoms with Crippen LogP contribution < -0.4 is 0 Å². The molecule has 0 aliphatic carbocycles. The SMILES string of the molecule is CCC(CC)c1cc(C)nc2c(I)c(C)nn12. The van der Waals surface area contributed by atoms with E-state index in [2.05, 4.69) is 59.5 Å². The highest BCUT2D eigenvalue weighted by Crippen LogP contribution is 2.26. The van der Waals surface area contributed by atoms with E-state index in [4.69, 9.17) is 0 Å². The van der Waals surface area contributed by atoms with Crippen molar-refractivity contribution in [3.8, 4) is 0 Å². The zero-order valence-corrected chi connectivity index (χ0v) is 12.9. The van der Waals surface area contributed by atoms with Crippen molar-refractivity contribution in [3.05, 3.63) is 26.7 Å². The second-order valence-corrected chi connectivity index (χ2v) is 5.55. The van der Waals surface area contributed by atoms with Gasteiger partial charge in [0.15, 0.2) is 5.65 Å².